The number of carbonyl (C=O) groups is 2. The number of phenols is 1. The average Bonchev–Trinajstić information content (AvgIpc) is 3.49. The summed E-state index contributed by atoms with van der Waals surface area (Å²) < 4.78 is 16.8. The number of ether oxygens (including phenoxy) is 2. The molecule has 1 atom stereocenters. The molecular formula is C31H29NO7. The SMILES string of the molecule is CCOc1cc(C2C(C(=O)c3cc4cccc(OC)c4o3)=C(O)C(=O)N2c2ccc(C(C)C)cc2)ccc1O. The summed E-state index contributed by atoms with van der Waals surface area (Å²) in [5.41, 5.74) is 2.29. The van der Waals surface area contributed by atoms with E-state index < -0.39 is 23.5 Å². The first-order valence-corrected chi connectivity index (χ1v) is 12.7. The molecule has 1 aliphatic rings. The van der Waals surface area contributed by atoms with E-state index in [4.69, 9.17) is 13.9 Å². The summed E-state index contributed by atoms with van der Waals surface area (Å²) in [7, 11) is 1.50. The molecule has 0 radical (unpaired) electrons. The molecule has 3 aromatic carbocycles. The number of hydrogen-bond donors (Lipinski definition) is 2. The third kappa shape index (κ3) is 4.48. The molecule has 0 saturated carbocycles. The van der Waals surface area contributed by atoms with Crippen molar-refractivity contribution in [2.45, 2.75) is 32.7 Å². The molecule has 4 aromatic rings. The lowest BCUT2D eigenvalue weighted by Gasteiger charge is -2.27. The second-order valence-electron chi connectivity index (χ2n) is 9.56. The number of amides is 1. The number of carbonyl (C=O) groups excluding carboxylic acids is 2. The van der Waals surface area contributed by atoms with E-state index in [0.29, 0.717) is 34.6 Å². The van der Waals surface area contributed by atoms with Gasteiger partial charge < -0.3 is 24.1 Å². The third-order valence-corrected chi connectivity index (χ3v) is 6.84. The Bertz CT molecular complexity index is 1600. The van der Waals surface area contributed by atoms with Crippen molar-refractivity contribution in [1.29, 1.82) is 0 Å². The highest BCUT2D eigenvalue weighted by Gasteiger charge is 2.45. The van der Waals surface area contributed by atoms with Crippen LogP contribution in [-0.2, 0) is 4.79 Å². The number of aromatic hydroxyl groups is 1. The van der Waals surface area contributed by atoms with Crippen molar-refractivity contribution in [1.82, 2.24) is 0 Å². The molecule has 8 nitrogen and oxygen atoms in total. The van der Waals surface area contributed by atoms with Gasteiger partial charge in [0.15, 0.2) is 34.4 Å². The second kappa shape index (κ2) is 10.2. The van der Waals surface area contributed by atoms with Gasteiger partial charge in [-0.05, 0) is 60.4 Å². The highest BCUT2D eigenvalue weighted by molar-refractivity contribution is 6.20. The summed E-state index contributed by atoms with van der Waals surface area (Å²) in [5, 5.41) is 22.1. The minimum atomic E-state index is -1.01. The van der Waals surface area contributed by atoms with Crippen molar-refractivity contribution in [3.8, 4) is 17.2 Å². The molecule has 0 aliphatic carbocycles. The van der Waals surface area contributed by atoms with Gasteiger partial charge in [-0.1, -0.05) is 44.2 Å². The minimum absolute atomic E-state index is 0.0466. The first-order chi connectivity index (χ1) is 18.7. The van der Waals surface area contributed by atoms with Crippen LogP contribution in [0.25, 0.3) is 11.0 Å². The van der Waals surface area contributed by atoms with Crippen molar-refractivity contribution < 1.29 is 33.7 Å². The van der Waals surface area contributed by atoms with Crippen LogP contribution in [0.15, 0.2) is 82.5 Å². The number of benzene rings is 3. The van der Waals surface area contributed by atoms with Crippen molar-refractivity contribution >= 4 is 28.3 Å². The molecule has 0 fully saturated rings. The smallest absolute Gasteiger partial charge is 0.294 e. The second-order valence-corrected chi connectivity index (χ2v) is 9.56. The lowest BCUT2D eigenvalue weighted by Crippen LogP contribution is -2.31. The van der Waals surface area contributed by atoms with Gasteiger partial charge in [-0.15, -0.1) is 0 Å². The monoisotopic (exact) mass is 527 g/mol. The number of para-hydroxylation sites is 1. The zero-order valence-electron chi connectivity index (χ0n) is 22.1. The molecule has 200 valence electrons. The van der Waals surface area contributed by atoms with Gasteiger partial charge in [-0.2, -0.15) is 0 Å². The Morgan fingerprint density at radius 1 is 1.03 bits per heavy atom. The molecule has 5 rings (SSSR count). The lowest BCUT2D eigenvalue weighted by atomic mass is 9.94. The van der Waals surface area contributed by atoms with Gasteiger partial charge in [0.1, 0.15) is 0 Å². The van der Waals surface area contributed by atoms with E-state index in [9.17, 15) is 19.8 Å². The molecule has 2 heterocycles. The summed E-state index contributed by atoms with van der Waals surface area (Å²) in [4.78, 5) is 28.9. The van der Waals surface area contributed by atoms with E-state index in [2.05, 4.69) is 13.8 Å². The van der Waals surface area contributed by atoms with Crippen LogP contribution >= 0.6 is 0 Å². The number of aliphatic hydroxyl groups is 1. The van der Waals surface area contributed by atoms with E-state index in [-0.39, 0.29) is 28.8 Å². The number of methoxy groups -OCH3 is 1. The van der Waals surface area contributed by atoms with Gasteiger partial charge in [0, 0.05) is 11.1 Å². The van der Waals surface area contributed by atoms with Gasteiger partial charge in [0.2, 0.25) is 5.78 Å². The number of furan rings is 1. The number of phenolic OH excluding ortho intramolecular Hbond substituents is 1. The maximum absolute atomic E-state index is 13.9. The fourth-order valence-electron chi connectivity index (χ4n) is 4.85. The summed E-state index contributed by atoms with van der Waals surface area (Å²) in [6, 6.07) is 17.8. The highest BCUT2D eigenvalue weighted by atomic mass is 16.5. The fraction of sp³-hybridized carbons (Fsp3) is 0.226. The van der Waals surface area contributed by atoms with Crippen LogP contribution in [0.3, 0.4) is 0 Å². The molecule has 0 spiro atoms. The minimum Gasteiger partial charge on any atom is -0.504 e. The summed E-state index contributed by atoms with van der Waals surface area (Å²) in [6.07, 6.45) is 0. The van der Waals surface area contributed by atoms with Crippen LogP contribution in [0.5, 0.6) is 17.2 Å². The van der Waals surface area contributed by atoms with E-state index in [1.54, 1.807) is 55.5 Å². The number of rotatable bonds is 8. The zero-order chi connectivity index (χ0) is 27.8. The Labute approximate surface area is 225 Å². The van der Waals surface area contributed by atoms with Crippen molar-refractivity contribution in [2.75, 3.05) is 18.6 Å². The molecule has 2 N–H and O–H groups in total. The molecule has 1 aromatic heterocycles. The average molecular weight is 528 g/mol. The Balaban J connectivity index is 1.66. The first-order valence-electron chi connectivity index (χ1n) is 12.7. The topological polar surface area (TPSA) is 109 Å². The number of fused-ring (bicyclic) bond motifs is 1. The molecule has 0 bridgehead atoms. The number of aliphatic hydroxyl groups excluding tert-OH is 1. The maximum Gasteiger partial charge on any atom is 0.294 e. The Morgan fingerprint density at radius 3 is 2.44 bits per heavy atom. The van der Waals surface area contributed by atoms with Gasteiger partial charge in [-0.3, -0.25) is 14.5 Å². The maximum atomic E-state index is 13.9. The van der Waals surface area contributed by atoms with Crippen LogP contribution in [0.1, 0.15) is 54.4 Å². The lowest BCUT2D eigenvalue weighted by molar-refractivity contribution is -0.117. The zero-order valence-corrected chi connectivity index (χ0v) is 22.1. The van der Waals surface area contributed by atoms with Crippen molar-refractivity contribution in [3.63, 3.8) is 0 Å². The van der Waals surface area contributed by atoms with Crippen LogP contribution in [0.4, 0.5) is 5.69 Å². The van der Waals surface area contributed by atoms with Crippen molar-refractivity contribution in [2.24, 2.45) is 0 Å². The summed E-state index contributed by atoms with van der Waals surface area (Å²) in [5.74, 6) is -1.23. The summed E-state index contributed by atoms with van der Waals surface area (Å²) >= 11 is 0. The molecule has 1 aliphatic heterocycles. The van der Waals surface area contributed by atoms with E-state index in [0.717, 1.165) is 5.56 Å². The number of ketones is 1. The molecule has 39 heavy (non-hydrogen) atoms. The van der Waals surface area contributed by atoms with Crippen LogP contribution < -0.4 is 14.4 Å². The highest BCUT2D eigenvalue weighted by Crippen LogP contribution is 2.44. The third-order valence-electron chi connectivity index (χ3n) is 6.84. The molecule has 1 unspecified atom stereocenters. The predicted octanol–water partition coefficient (Wildman–Crippen LogP) is 6.45. The number of Topliss-reactive ketones (excluding diaryl/α,β-unsaturated/α-hetero) is 1. The van der Waals surface area contributed by atoms with Gasteiger partial charge in [0.25, 0.3) is 5.91 Å². The number of anilines is 1. The molecule has 0 saturated heterocycles. The number of nitrogens with zero attached hydrogens (tertiary/aromatic N) is 1. The van der Waals surface area contributed by atoms with Crippen LogP contribution in [0, 0.1) is 0 Å². The fourth-order valence-corrected chi connectivity index (χ4v) is 4.85. The molecule has 8 heteroatoms. The van der Waals surface area contributed by atoms with Crippen molar-refractivity contribution in [3.05, 3.63) is 94.9 Å². The van der Waals surface area contributed by atoms with E-state index in [1.807, 2.05) is 12.1 Å². The van der Waals surface area contributed by atoms with Gasteiger partial charge in [0.05, 0.1) is 25.3 Å². The molecule has 1 amide bonds. The Hall–Kier alpha value is -4.72. The predicted molar refractivity (Wildman–Crippen MR) is 147 cm³/mol. The van der Waals surface area contributed by atoms with E-state index >= 15 is 0 Å². The van der Waals surface area contributed by atoms with Crippen LogP contribution in [0.2, 0.25) is 0 Å². The Kier molecular flexibility index (Phi) is 6.78. The largest absolute Gasteiger partial charge is 0.504 e. The first kappa shape index (κ1) is 25.9. The standard InChI is InChI=1S/C31H29NO7/c1-5-38-24-15-19(11-14-22(24)33)27-26(28(34)25-16-20-7-6-8-23(37-4)30(20)39-25)29(35)31(36)32(27)21-12-9-18(10-13-21)17(2)3/h6-17,27,33,35H,5H2,1-4H3. The van der Waals surface area contributed by atoms with Gasteiger partial charge >= 0.3 is 0 Å². The normalized spacial score (nSPS) is 15.5. The van der Waals surface area contributed by atoms with E-state index in [1.165, 1.54) is 18.1 Å². The van der Waals surface area contributed by atoms with Crippen LogP contribution in [-0.4, -0.2) is 35.6 Å². The number of hydrogen-bond acceptors (Lipinski definition) is 7. The summed E-state index contributed by atoms with van der Waals surface area (Å²) in [6.45, 7) is 6.22. The quantitative estimate of drug-likeness (QED) is 0.253. The van der Waals surface area contributed by atoms with Gasteiger partial charge in [-0.25, -0.2) is 0 Å². The molecular weight excluding hydrogens is 498 g/mol. The Morgan fingerprint density at radius 2 is 1.77 bits per heavy atom.